The zero-order valence-corrected chi connectivity index (χ0v) is 15.3. The molecule has 1 aromatic heterocycles. The van der Waals surface area contributed by atoms with E-state index in [1.54, 1.807) is 18.2 Å². The third-order valence-electron chi connectivity index (χ3n) is 4.18. The minimum atomic E-state index is -0.304. The van der Waals surface area contributed by atoms with Crippen LogP contribution in [0, 0.1) is 12.7 Å². The maximum atomic E-state index is 12.8. The molecule has 7 heteroatoms. The quantitative estimate of drug-likeness (QED) is 0.600. The maximum absolute atomic E-state index is 12.8. The van der Waals surface area contributed by atoms with E-state index in [1.807, 2.05) is 13.0 Å². The summed E-state index contributed by atoms with van der Waals surface area (Å²) < 4.78 is 18.5. The Bertz CT molecular complexity index is 802. The third-order valence-corrected chi connectivity index (χ3v) is 4.18. The fraction of sp³-hybridized carbons (Fsp3) is 0.350. The molecular formula is C20H23FN4O2. The number of rotatable bonds is 7. The first-order valence-electron chi connectivity index (χ1n) is 9.05. The van der Waals surface area contributed by atoms with Crippen LogP contribution in [0.2, 0.25) is 0 Å². The summed E-state index contributed by atoms with van der Waals surface area (Å²) in [5, 5.41) is 2.74. The van der Waals surface area contributed by atoms with Crippen LogP contribution in [0.25, 0.3) is 6.08 Å². The molecule has 1 N–H and O–H groups in total. The van der Waals surface area contributed by atoms with Gasteiger partial charge in [-0.1, -0.05) is 12.1 Å². The SMILES string of the molecule is Cc1nc(OCCNC(=O)/C=C/c2ccc(F)cc2)cc(N2CCCC2)n1. The summed E-state index contributed by atoms with van der Waals surface area (Å²) in [6, 6.07) is 7.76. The second-order valence-corrected chi connectivity index (χ2v) is 6.33. The molecule has 1 aromatic carbocycles. The number of carbonyl (C=O) groups is 1. The Balaban J connectivity index is 1.44. The minimum Gasteiger partial charge on any atom is -0.476 e. The molecule has 0 saturated carbocycles. The first-order valence-corrected chi connectivity index (χ1v) is 9.05. The second-order valence-electron chi connectivity index (χ2n) is 6.33. The molecule has 0 unspecified atom stereocenters. The van der Waals surface area contributed by atoms with Crippen LogP contribution < -0.4 is 15.0 Å². The highest BCUT2D eigenvalue weighted by Crippen LogP contribution is 2.21. The second kappa shape index (κ2) is 9.12. The Hall–Kier alpha value is -2.96. The average Bonchev–Trinajstić information content (AvgIpc) is 3.19. The molecule has 0 aliphatic carbocycles. The van der Waals surface area contributed by atoms with E-state index in [1.165, 1.54) is 31.1 Å². The molecule has 1 amide bonds. The van der Waals surface area contributed by atoms with Crippen molar-refractivity contribution in [2.45, 2.75) is 19.8 Å². The lowest BCUT2D eigenvalue weighted by molar-refractivity contribution is -0.116. The molecule has 0 atom stereocenters. The van der Waals surface area contributed by atoms with Crippen LogP contribution in [-0.4, -0.2) is 42.1 Å². The van der Waals surface area contributed by atoms with Gasteiger partial charge in [-0.25, -0.2) is 9.37 Å². The fourth-order valence-corrected chi connectivity index (χ4v) is 2.84. The molecule has 0 bridgehead atoms. The minimum absolute atomic E-state index is 0.237. The summed E-state index contributed by atoms with van der Waals surface area (Å²) in [4.78, 5) is 22.8. The number of carbonyl (C=O) groups excluding carboxylic acids is 1. The van der Waals surface area contributed by atoms with Gasteiger partial charge in [0.1, 0.15) is 24.1 Å². The molecule has 1 aliphatic heterocycles. The number of hydrogen-bond acceptors (Lipinski definition) is 5. The van der Waals surface area contributed by atoms with Gasteiger partial charge in [-0.15, -0.1) is 0 Å². The van der Waals surface area contributed by atoms with E-state index in [0.29, 0.717) is 24.9 Å². The van der Waals surface area contributed by atoms with E-state index in [4.69, 9.17) is 4.74 Å². The van der Waals surface area contributed by atoms with Crippen LogP contribution in [0.3, 0.4) is 0 Å². The predicted octanol–water partition coefficient (Wildman–Crippen LogP) is 2.73. The van der Waals surface area contributed by atoms with Gasteiger partial charge < -0.3 is 15.0 Å². The van der Waals surface area contributed by atoms with Gasteiger partial charge in [0, 0.05) is 25.2 Å². The van der Waals surface area contributed by atoms with Gasteiger partial charge in [0.2, 0.25) is 11.8 Å². The molecule has 1 saturated heterocycles. The van der Waals surface area contributed by atoms with Crippen molar-refractivity contribution >= 4 is 17.8 Å². The summed E-state index contributed by atoms with van der Waals surface area (Å²) in [5.74, 6) is 1.53. The van der Waals surface area contributed by atoms with E-state index in [-0.39, 0.29) is 11.7 Å². The Morgan fingerprint density at radius 1 is 1.26 bits per heavy atom. The van der Waals surface area contributed by atoms with Gasteiger partial charge in [-0.05, 0) is 43.5 Å². The summed E-state index contributed by atoms with van der Waals surface area (Å²) >= 11 is 0. The van der Waals surface area contributed by atoms with Crippen molar-refractivity contribution < 1.29 is 13.9 Å². The number of ether oxygens (including phenoxy) is 1. The molecule has 0 radical (unpaired) electrons. The van der Waals surface area contributed by atoms with Crippen LogP contribution in [0.1, 0.15) is 24.2 Å². The van der Waals surface area contributed by atoms with Gasteiger partial charge in [-0.2, -0.15) is 4.98 Å². The monoisotopic (exact) mass is 370 g/mol. The van der Waals surface area contributed by atoms with E-state index in [0.717, 1.165) is 24.5 Å². The van der Waals surface area contributed by atoms with E-state index < -0.39 is 0 Å². The number of halogens is 1. The molecule has 2 heterocycles. The summed E-state index contributed by atoms with van der Waals surface area (Å²) in [6.45, 7) is 4.52. The average molecular weight is 370 g/mol. The predicted molar refractivity (Wildman–Crippen MR) is 102 cm³/mol. The van der Waals surface area contributed by atoms with E-state index in [9.17, 15) is 9.18 Å². The molecule has 142 valence electrons. The highest BCUT2D eigenvalue weighted by molar-refractivity contribution is 5.91. The van der Waals surface area contributed by atoms with E-state index in [2.05, 4.69) is 20.2 Å². The number of nitrogens with one attached hydrogen (secondary N) is 1. The third kappa shape index (κ3) is 5.77. The lowest BCUT2D eigenvalue weighted by atomic mass is 10.2. The van der Waals surface area contributed by atoms with Crippen LogP contribution in [0.4, 0.5) is 10.2 Å². The summed E-state index contributed by atoms with van der Waals surface area (Å²) in [7, 11) is 0. The van der Waals surface area contributed by atoms with Crippen LogP contribution >= 0.6 is 0 Å². The number of aryl methyl sites for hydroxylation is 1. The molecule has 1 fully saturated rings. The van der Waals surface area contributed by atoms with Gasteiger partial charge >= 0.3 is 0 Å². The fourth-order valence-electron chi connectivity index (χ4n) is 2.84. The van der Waals surface area contributed by atoms with Crippen molar-refractivity contribution in [1.29, 1.82) is 0 Å². The van der Waals surface area contributed by atoms with Crippen LogP contribution in [-0.2, 0) is 4.79 Å². The Kier molecular flexibility index (Phi) is 6.35. The van der Waals surface area contributed by atoms with Gasteiger partial charge in [0.05, 0.1) is 6.54 Å². The van der Waals surface area contributed by atoms with Gasteiger partial charge in [0.25, 0.3) is 0 Å². The van der Waals surface area contributed by atoms with E-state index >= 15 is 0 Å². The number of nitrogens with zero attached hydrogens (tertiary/aromatic N) is 3. The molecule has 0 spiro atoms. The molecular weight excluding hydrogens is 347 g/mol. The summed E-state index contributed by atoms with van der Waals surface area (Å²) in [5.41, 5.74) is 0.758. The maximum Gasteiger partial charge on any atom is 0.244 e. The smallest absolute Gasteiger partial charge is 0.244 e. The number of hydrogen-bond donors (Lipinski definition) is 1. The molecule has 2 aromatic rings. The number of anilines is 1. The normalized spacial score (nSPS) is 13.9. The zero-order valence-electron chi connectivity index (χ0n) is 15.3. The van der Waals surface area contributed by atoms with Crippen molar-refractivity contribution in [3.8, 4) is 5.88 Å². The first-order chi connectivity index (χ1) is 13.1. The largest absolute Gasteiger partial charge is 0.476 e. The lowest BCUT2D eigenvalue weighted by Gasteiger charge is -2.17. The number of amides is 1. The Morgan fingerprint density at radius 2 is 2.00 bits per heavy atom. The molecule has 3 rings (SSSR count). The first kappa shape index (κ1) is 18.8. The molecule has 27 heavy (non-hydrogen) atoms. The molecule has 6 nitrogen and oxygen atoms in total. The lowest BCUT2D eigenvalue weighted by Crippen LogP contribution is -2.26. The standard InChI is InChI=1S/C20H23FN4O2/c1-15-23-18(25-11-2-3-12-25)14-20(24-15)27-13-10-22-19(26)9-6-16-4-7-17(21)8-5-16/h4-9,14H,2-3,10-13H2,1H3,(H,22,26)/b9-6+. The number of aromatic nitrogens is 2. The Morgan fingerprint density at radius 3 is 2.74 bits per heavy atom. The van der Waals surface area contributed by atoms with Crippen molar-refractivity contribution in [1.82, 2.24) is 15.3 Å². The van der Waals surface area contributed by atoms with Crippen LogP contribution in [0.15, 0.2) is 36.4 Å². The van der Waals surface area contributed by atoms with Crippen LogP contribution in [0.5, 0.6) is 5.88 Å². The van der Waals surface area contributed by atoms with Gasteiger partial charge in [0.15, 0.2) is 0 Å². The number of benzene rings is 1. The topological polar surface area (TPSA) is 67.3 Å². The highest BCUT2D eigenvalue weighted by Gasteiger charge is 2.15. The van der Waals surface area contributed by atoms with Crippen molar-refractivity contribution in [3.63, 3.8) is 0 Å². The van der Waals surface area contributed by atoms with Gasteiger partial charge in [-0.3, -0.25) is 4.79 Å². The highest BCUT2D eigenvalue weighted by atomic mass is 19.1. The van der Waals surface area contributed by atoms with Crippen molar-refractivity contribution in [3.05, 3.63) is 53.6 Å². The zero-order chi connectivity index (χ0) is 19.1. The Labute approximate surface area is 158 Å². The van der Waals surface area contributed by atoms with Crippen molar-refractivity contribution in [2.75, 3.05) is 31.1 Å². The summed E-state index contributed by atoms with van der Waals surface area (Å²) in [6.07, 6.45) is 5.40. The molecule has 1 aliphatic rings. The van der Waals surface area contributed by atoms with Crippen molar-refractivity contribution in [2.24, 2.45) is 0 Å².